The summed E-state index contributed by atoms with van der Waals surface area (Å²) >= 11 is 1.47. The zero-order valence-corrected chi connectivity index (χ0v) is 12.0. The van der Waals surface area contributed by atoms with E-state index in [1.807, 2.05) is 37.3 Å². The minimum absolute atomic E-state index is 0.0703. The van der Waals surface area contributed by atoms with Crippen LogP contribution in [0.1, 0.15) is 27.0 Å². The first-order chi connectivity index (χ1) is 9.72. The fourth-order valence-electron chi connectivity index (χ4n) is 1.76. The van der Waals surface area contributed by atoms with Gasteiger partial charge < -0.3 is 10.6 Å². The van der Waals surface area contributed by atoms with Crippen molar-refractivity contribution in [2.45, 2.75) is 13.5 Å². The van der Waals surface area contributed by atoms with Gasteiger partial charge in [-0.3, -0.25) is 4.79 Å². The van der Waals surface area contributed by atoms with Gasteiger partial charge in [-0.2, -0.15) is 5.26 Å². The molecule has 0 saturated carbocycles. The topological polar surface area (TPSA) is 64.9 Å². The Kier molecular flexibility index (Phi) is 4.75. The van der Waals surface area contributed by atoms with Gasteiger partial charge in [0, 0.05) is 29.2 Å². The zero-order valence-electron chi connectivity index (χ0n) is 11.1. The van der Waals surface area contributed by atoms with Crippen LogP contribution in [0, 0.1) is 11.3 Å². The van der Waals surface area contributed by atoms with E-state index in [-0.39, 0.29) is 5.91 Å². The summed E-state index contributed by atoms with van der Waals surface area (Å²) in [6.45, 7) is 3.15. The van der Waals surface area contributed by atoms with Gasteiger partial charge in [0.25, 0.3) is 5.91 Å². The van der Waals surface area contributed by atoms with E-state index in [0.717, 1.165) is 10.6 Å². The molecule has 1 heterocycles. The number of nitrogens with one attached hydrogen (secondary N) is 2. The predicted molar refractivity (Wildman–Crippen MR) is 80.8 cm³/mol. The van der Waals surface area contributed by atoms with E-state index in [9.17, 15) is 4.79 Å². The molecule has 5 heteroatoms. The van der Waals surface area contributed by atoms with E-state index >= 15 is 0 Å². The van der Waals surface area contributed by atoms with E-state index < -0.39 is 0 Å². The summed E-state index contributed by atoms with van der Waals surface area (Å²) in [7, 11) is 0. The van der Waals surface area contributed by atoms with E-state index in [4.69, 9.17) is 5.26 Å². The van der Waals surface area contributed by atoms with Gasteiger partial charge in [0.1, 0.15) is 10.9 Å². The number of carbonyl (C=O) groups is 1. The summed E-state index contributed by atoms with van der Waals surface area (Å²) in [6, 6.07) is 13.2. The van der Waals surface area contributed by atoms with E-state index in [2.05, 4.69) is 16.7 Å². The van der Waals surface area contributed by atoms with Crippen molar-refractivity contribution in [3.63, 3.8) is 0 Å². The molecule has 0 aliphatic rings. The Hall–Kier alpha value is -2.32. The summed E-state index contributed by atoms with van der Waals surface area (Å²) in [4.78, 5) is 13.5. The Bertz CT molecular complexity index is 643. The number of hydrogen-bond donors (Lipinski definition) is 2. The third-order valence-corrected chi connectivity index (χ3v) is 3.69. The molecule has 0 aliphatic carbocycles. The lowest BCUT2D eigenvalue weighted by Crippen LogP contribution is -2.22. The minimum Gasteiger partial charge on any atom is -0.380 e. The van der Waals surface area contributed by atoms with Crippen molar-refractivity contribution in [1.82, 2.24) is 5.32 Å². The zero-order chi connectivity index (χ0) is 14.4. The quantitative estimate of drug-likeness (QED) is 0.887. The summed E-state index contributed by atoms with van der Waals surface area (Å²) < 4.78 is 0. The Morgan fingerprint density at radius 3 is 2.90 bits per heavy atom. The minimum atomic E-state index is -0.0703. The molecule has 0 saturated heterocycles. The summed E-state index contributed by atoms with van der Waals surface area (Å²) in [5.41, 5.74) is 1.53. The van der Waals surface area contributed by atoms with Crippen molar-refractivity contribution < 1.29 is 4.79 Å². The standard InChI is InChI=1S/C15H15N3OS/c1-2-17-15(19)11-4-3-5-12(8-11)18-10-14-7-6-13(9-16)20-14/h3-8,18H,2,10H2,1H3,(H,17,19). The molecular formula is C15H15N3OS. The van der Waals surface area contributed by atoms with Crippen molar-refractivity contribution in [3.8, 4) is 6.07 Å². The highest BCUT2D eigenvalue weighted by Crippen LogP contribution is 2.18. The van der Waals surface area contributed by atoms with Gasteiger partial charge in [-0.05, 0) is 37.3 Å². The van der Waals surface area contributed by atoms with Crippen LogP contribution in [0.15, 0.2) is 36.4 Å². The monoisotopic (exact) mass is 285 g/mol. The second-order valence-corrected chi connectivity index (χ2v) is 5.34. The van der Waals surface area contributed by atoms with Crippen molar-refractivity contribution in [2.24, 2.45) is 0 Å². The Balaban J connectivity index is 2.01. The van der Waals surface area contributed by atoms with Gasteiger partial charge in [-0.1, -0.05) is 6.07 Å². The Labute approximate surface area is 122 Å². The fourth-order valence-corrected chi connectivity index (χ4v) is 2.50. The second kappa shape index (κ2) is 6.73. The molecule has 2 rings (SSSR count). The number of nitrogens with zero attached hydrogens (tertiary/aromatic N) is 1. The van der Waals surface area contributed by atoms with Crippen LogP contribution >= 0.6 is 11.3 Å². The van der Waals surface area contributed by atoms with Crippen molar-refractivity contribution in [1.29, 1.82) is 5.26 Å². The van der Waals surface area contributed by atoms with Crippen LogP contribution in [-0.4, -0.2) is 12.5 Å². The van der Waals surface area contributed by atoms with Crippen LogP contribution in [0.25, 0.3) is 0 Å². The van der Waals surface area contributed by atoms with Crippen LogP contribution < -0.4 is 10.6 Å². The van der Waals surface area contributed by atoms with Crippen molar-refractivity contribution in [3.05, 3.63) is 51.7 Å². The average Bonchev–Trinajstić information content (AvgIpc) is 2.94. The summed E-state index contributed by atoms with van der Waals surface area (Å²) in [6.07, 6.45) is 0. The van der Waals surface area contributed by atoms with Crippen molar-refractivity contribution in [2.75, 3.05) is 11.9 Å². The lowest BCUT2D eigenvalue weighted by Gasteiger charge is -2.07. The van der Waals surface area contributed by atoms with Crippen LogP contribution in [0.3, 0.4) is 0 Å². The number of amides is 1. The number of hydrogen-bond acceptors (Lipinski definition) is 4. The molecular weight excluding hydrogens is 270 g/mol. The normalized spacial score (nSPS) is 9.80. The molecule has 1 amide bonds. The maximum absolute atomic E-state index is 11.7. The van der Waals surface area contributed by atoms with Crippen LogP contribution in [0.4, 0.5) is 5.69 Å². The second-order valence-electron chi connectivity index (χ2n) is 4.17. The SMILES string of the molecule is CCNC(=O)c1cccc(NCc2ccc(C#N)s2)c1. The van der Waals surface area contributed by atoms with Gasteiger partial charge in [0.15, 0.2) is 0 Å². The molecule has 0 unspecified atom stereocenters. The molecule has 0 bridgehead atoms. The molecule has 0 aliphatic heterocycles. The van der Waals surface area contributed by atoms with Gasteiger partial charge >= 0.3 is 0 Å². The highest BCUT2D eigenvalue weighted by molar-refractivity contribution is 7.12. The molecule has 0 fully saturated rings. The van der Waals surface area contributed by atoms with Crippen LogP contribution in [0.5, 0.6) is 0 Å². The molecule has 2 aromatic rings. The van der Waals surface area contributed by atoms with Gasteiger partial charge in [-0.15, -0.1) is 11.3 Å². The Morgan fingerprint density at radius 1 is 1.35 bits per heavy atom. The van der Waals surface area contributed by atoms with Crippen molar-refractivity contribution >= 4 is 22.9 Å². The number of benzene rings is 1. The fraction of sp³-hybridized carbons (Fsp3) is 0.200. The smallest absolute Gasteiger partial charge is 0.251 e. The van der Waals surface area contributed by atoms with Gasteiger partial charge in [0.2, 0.25) is 0 Å². The number of thiophene rings is 1. The molecule has 2 N–H and O–H groups in total. The van der Waals surface area contributed by atoms with Crippen LogP contribution in [-0.2, 0) is 6.54 Å². The predicted octanol–water partition coefficient (Wildman–Crippen LogP) is 2.98. The number of rotatable bonds is 5. The van der Waals surface area contributed by atoms with Gasteiger partial charge in [-0.25, -0.2) is 0 Å². The van der Waals surface area contributed by atoms with E-state index in [0.29, 0.717) is 23.5 Å². The molecule has 0 spiro atoms. The molecule has 1 aromatic heterocycles. The number of carbonyl (C=O) groups excluding carboxylic acids is 1. The maximum atomic E-state index is 11.7. The molecule has 0 radical (unpaired) electrons. The molecule has 102 valence electrons. The first-order valence-corrected chi connectivity index (χ1v) is 7.15. The first-order valence-electron chi connectivity index (χ1n) is 6.34. The molecule has 0 atom stereocenters. The van der Waals surface area contributed by atoms with E-state index in [1.165, 1.54) is 11.3 Å². The van der Waals surface area contributed by atoms with E-state index in [1.54, 1.807) is 6.07 Å². The lowest BCUT2D eigenvalue weighted by atomic mass is 10.2. The highest BCUT2D eigenvalue weighted by Gasteiger charge is 2.05. The largest absolute Gasteiger partial charge is 0.380 e. The third-order valence-electron chi connectivity index (χ3n) is 2.70. The first kappa shape index (κ1) is 14.1. The summed E-state index contributed by atoms with van der Waals surface area (Å²) in [5, 5.41) is 14.8. The maximum Gasteiger partial charge on any atom is 0.251 e. The molecule has 4 nitrogen and oxygen atoms in total. The lowest BCUT2D eigenvalue weighted by molar-refractivity contribution is 0.0956. The summed E-state index contributed by atoms with van der Waals surface area (Å²) in [5.74, 6) is -0.0703. The number of anilines is 1. The Morgan fingerprint density at radius 2 is 2.20 bits per heavy atom. The van der Waals surface area contributed by atoms with Crippen LogP contribution in [0.2, 0.25) is 0 Å². The molecule has 20 heavy (non-hydrogen) atoms. The highest BCUT2D eigenvalue weighted by atomic mass is 32.1. The molecule has 1 aromatic carbocycles. The van der Waals surface area contributed by atoms with Gasteiger partial charge in [0.05, 0.1) is 0 Å². The number of nitriles is 1. The average molecular weight is 285 g/mol. The third kappa shape index (κ3) is 3.59.